The first-order chi connectivity index (χ1) is 11.0. The summed E-state index contributed by atoms with van der Waals surface area (Å²) < 4.78 is 0. The van der Waals surface area contributed by atoms with Gasteiger partial charge in [-0.25, -0.2) is 0 Å². The lowest BCUT2D eigenvalue weighted by molar-refractivity contribution is -0.115. The van der Waals surface area contributed by atoms with Crippen LogP contribution >= 0.6 is 0 Å². The Morgan fingerprint density at radius 3 is 2.48 bits per heavy atom. The molecule has 0 aliphatic carbocycles. The lowest BCUT2D eigenvalue weighted by atomic mass is 10.1. The average molecular weight is 310 g/mol. The number of hydrogen-bond donors (Lipinski definition) is 2. The lowest BCUT2D eigenvalue weighted by Crippen LogP contribution is -2.33. The molecule has 2 amide bonds. The van der Waals surface area contributed by atoms with Gasteiger partial charge in [0.1, 0.15) is 0 Å². The van der Waals surface area contributed by atoms with Crippen molar-refractivity contribution in [3.63, 3.8) is 0 Å². The fourth-order valence-electron chi connectivity index (χ4n) is 2.47. The highest BCUT2D eigenvalue weighted by molar-refractivity contribution is 6.00. The normalized spacial score (nSPS) is 10.2. The third-order valence-electron chi connectivity index (χ3n) is 3.71. The summed E-state index contributed by atoms with van der Waals surface area (Å²) in [5.74, 6) is -0.467. The molecule has 0 radical (unpaired) electrons. The highest BCUT2D eigenvalue weighted by atomic mass is 16.2. The third kappa shape index (κ3) is 4.42. The van der Waals surface area contributed by atoms with Crippen LogP contribution in [0.15, 0.2) is 42.5 Å². The molecule has 0 atom stereocenters. The lowest BCUT2D eigenvalue weighted by Gasteiger charge is -2.11. The van der Waals surface area contributed by atoms with Gasteiger partial charge in [-0.15, -0.1) is 0 Å². The van der Waals surface area contributed by atoms with Crippen LogP contribution in [0.25, 0.3) is 0 Å². The van der Waals surface area contributed by atoms with Crippen molar-refractivity contribution in [1.29, 1.82) is 0 Å². The number of carbonyl (C=O) groups is 2. The Bertz CT molecular complexity index is 723. The molecule has 0 aromatic heterocycles. The van der Waals surface area contributed by atoms with E-state index >= 15 is 0 Å². The molecule has 2 N–H and O–H groups in total. The van der Waals surface area contributed by atoms with E-state index in [1.54, 1.807) is 6.07 Å². The van der Waals surface area contributed by atoms with E-state index in [1.165, 1.54) is 0 Å². The zero-order chi connectivity index (χ0) is 16.8. The topological polar surface area (TPSA) is 58.2 Å². The maximum absolute atomic E-state index is 12.2. The van der Waals surface area contributed by atoms with Crippen molar-refractivity contribution in [2.24, 2.45) is 0 Å². The molecule has 23 heavy (non-hydrogen) atoms. The van der Waals surface area contributed by atoms with Crippen LogP contribution in [-0.4, -0.2) is 18.4 Å². The van der Waals surface area contributed by atoms with E-state index in [2.05, 4.69) is 10.6 Å². The number of rotatable bonds is 5. The number of nitrogens with one attached hydrogen (secondary N) is 2. The van der Waals surface area contributed by atoms with E-state index in [0.29, 0.717) is 5.56 Å². The minimum Gasteiger partial charge on any atom is -0.343 e. The summed E-state index contributed by atoms with van der Waals surface area (Å²) in [7, 11) is 0. The first-order valence-corrected chi connectivity index (χ1v) is 7.74. The fourth-order valence-corrected chi connectivity index (χ4v) is 2.47. The Morgan fingerprint density at radius 1 is 1.04 bits per heavy atom. The molecule has 0 unspecified atom stereocenters. The van der Waals surface area contributed by atoms with E-state index < -0.39 is 0 Å². The molecule has 120 valence electrons. The molecular weight excluding hydrogens is 288 g/mol. The van der Waals surface area contributed by atoms with Gasteiger partial charge >= 0.3 is 0 Å². The minimum absolute atomic E-state index is 0.0514. The zero-order valence-corrected chi connectivity index (χ0v) is 13.8. The second-order valence-corrected chi connectivity index (χ2v) is 5.56. The van der Waals surface area contributed by atoms with Crippen LogP contribution < -0.4 is 10.6 Å². The van der Waals surface area contributed by atoms with E-state index in [0.717, 1.165) is 28.8 Å². The number of benzene rings is 2. The fraction of sp³-hybridized carbons (Fsp3) is 0.263. The van der Waals surface area contributed by atoms with Gasteiger partial charge in [-0.2, -0.15) is 0 Å². The van der Waals surface area contributed by atoms with Crippen molar-refractivity contribution in [3.05, 3.63) is 64.7 Å². The molecule has 0 aliphatic heterocycles. The van der Waals surface area contributed by atoms with E-state index in [1.807, 2.05) is 57.2 Å². The van der Waals surface area contributed by atoms with Gasteiger partial charge in [-0.3, -0.25) is 9.59 Å². The summed E-state index contributed by atoms with van der Waals surface area (Å²) in [6.45, 7) is 5.85. The Balaban J connectivity index is 1.95. The number of hydrogen-bond acceptors (Lipinski definition) is 2. The monoisotopic (exact) mass is 310 g/mol. The van der Waals surface area contributed by atoms with Gasteiger partial charge in [0.05, 0.1) is 6.54 Å². The van der Waals surface area contributed by atoms with Crippen LogP contribution in [0.4, 0.5) is 5.69 Å². The summed E-state index contributed by atoms with van der Waals surface area (Å²) in [4.78, 5) is 24.2. The van der Waals surface area contributed by atoms with Gasteiger partial charge < -0.3 is 10.6 Å². The van der Waals surface area contributed by atoms with Crippen LogP contribution in [0.2, 0.25) is 0 Å². The van der Waals surface area contributed by atoms with E-state index in [4.69, 9.17) is 0 Å². The van der Waals surface area contributed by atoms with Crippen molar-refractivity contribution >= 4 is 17.5 Å². The van der Waals surface area contributed by atoms with Gasteiger partial charge in [0.25, 0.3) is 5.91 Å². The summed E-state index contributed by atoms with van der Waals surface area (Å²) in [6, 6.07) is 13.3. The molecule has 0 saturated heterocycles. The first kappa shape index (κ1) is 16.7. The molecule has 2 rings (SSSR count). The number of aryl methyl sites for hydroxylation is 3. The molecule has 4 nitrogen and oxygen atoms in total. The van der Waals surface area contributed by atoms with Crippen LogP contribution in [-0.2, 0) is 11.2 Å². The molecule has 0 fully saturated rings. The Morgan fingerprint density at radius 2 is 1.78 bits per heavy atom. The van der Waals surface area contributed by atoms with Crippen molar-refractivity contribution < 1.29 is 9.59 Å². The number of anilines is 1. The van der Waals surface area contributed by atoms with Crippen LogP contribution in [0.5, 0.6) is 0 Å². The maximum atomic E-state index is 12.2. The average Bonchev–Trinajstić information content (AvgIpc) is 2.53. The van der Waals surface area contributed by atoms with Crippen molar-refractivity contribution in [2.45, 2.75) is 27.2 Å². The highest BCUT2D eigenvalue weighted by Gasteiger charge is 2.11. The standard InChI is InChI=1S/C19H22N2O2/c1-4-15-7-5-6-8-17(15)21-18(22)12-20-19(23)16-10-9-13(2)11-14(16)3/h5-11H,4,12H2,1-3H3,(H,20,23)(H,21,22). The summed E-state index contributed by atoms with van der Waals surface area (Å²) in [5.41, 5.74) is 4.46. The maximum Gasteiger partial charge on any atom is 0.251 e. The van der Waals surface area contributed by atoms with Gasteiger partial charge in [-0.05, 0) is 43.5 Å². The third-order valence-corrected chi connectivity index (χ3v) is 3.71. The van der Waals surface area contributed by atoms with E-state index in [-0.39, 0.29) is 18.4 Å². The van der Waals surface area contributed by atoms with Crippen molar-refractivity contribution in [1.82, 2.24) is 5.32 Å². The molecule has 0 bridgehead atoms. The SMILES string of the molecule is CCc1ccccc1NC(=O)CNC(=O)c1ccc(C)cc1C. The van der Waals surface area contributed by atoms with Crippen LogP contribution in [0.3, 0.4) is 0 Å². The summed E-state index contributed by atoms with van der Waals surface area (Å²) in [5, 5.41) is 5.50. The molecule has 2 aromatic rings. The Labute approximate surface area is 136 Å². The van der Waals surface area contributed by atoms with E-state index in [9.17, 15) is 9.59 Å². The molecular formula is C19H22N2O2. The Kier molecular flexibility index (Phi) is 5.52. The molecule has 0 spiro atoms. The molecule has 0 saturated carbocycles. The van der Waals surface area contributed by atoms with Gasteiger partial charge in [0, 0.05) is 11.3 Å². The van der Waals surface area contributed by atoms with Gasteiger partial charge in [0.15, 0.2) is 0 Å². The molecule has 4 heteroatoms. The largest absolute Gasteiger partial charge is 0.343 e. The predicted molar refractivity (Wildman–Crippen MR) is 92.7 cm³/mol. The Hall–Kier alpha value is -2.62. The predicted octanol–water partition coefficient (Wildman–Crippen LogP) is 3.23. The first-order valence-electron chi connectivity index (χ1n) is 7.74. The van der Waals surface area contributed by atoms with Crippen LogP contribution in [0.1, 0.15) is 34.0 Å². The quantitative estimate of drug-likeness (QED) is 0.891. The second kappa shape index (κ2) is 7.58. The molecule has 0 aliphatic rings. The minimum atomic E-state index is -0.235. The smallest absolute Gasteiger partial charge is 0.251 e. The molecule has 2 aromatic carbocycles. The van der Waals surface area contributed by atoms with Crippen molar-refractivity contribution in [3.8, 4) is 0 Å². The summed E-state index contributed by atoms with van der Waals surface area (Å²) >= 11 is 0. The molecule has 0 heterocycles. The number of amides is 2. The summed E-state index contributed by atoms with van der Waals surface area (Å²) in [6.07, 6.45) is 0.839. The number of para-hydroxylation sites is 1. The van der Waals surface area contributed by atoms with Gasteiger partial charge in [0.2, 0.25) is 5.91 Å². The second-order valence-electron chi connectivity index (χ2n) is 5.56. The number of carbonyl (C=O) groups excluding carboxylic acids is 2. The van der Waals surface area contributed by atoms with Gasteiger partial charge in [-0.1, -0.05) is 42.8 Å². The van der Waals surface area contributed by atoms with Crippen molar-refractivity contribution in [2.75, 3.05) is 11.9 Å². The van der Waals surface area contributed by atoms with Crippen LogP contribution in [0, 0.1) is 13.8 Å². The highest BCUT2D eigenvalue weighted by Crippen LogP contribution is 2.15. The zero-order valence-electron chi connectivity index (χ0n) is 13.8.